The van der Waals surface area contributed by atoms with Crippen molar-refractivity contribution in [3.05, 3.63) is 48.2 Å². The van der Waals surface area contributed by atoms with Gasteiger partial charge in [0.1, 0.15) is 5.75 Å². The monoisotopic (exact) mass is 297 g/mol. The molecule has 2 rings (SSSR count). The van der Waals surface area contributed by atoms with E-state index in [1.165, 1.54) is 56.7 Å². The third-order valence-electron chi connectivity index (χ3n) is 4.07. The number of aromatic hydroxyl groups is 1. The third-order valence-corrected chi connectivity index (χ3v) is 4.07. The summed E-state index contributed by atoms with van der Waals surface area (Å²) in [7, 11) is 0. The zero-order valence-electron chi connectivity index (χ0n) is 13.6. The molecular weight excluding hydrogens is 270 g/mol. The summed E-state index contributed by atoms with van der Waals surface area (Å²) in [5.41, 5.74) is 3.40. The SMILES string of the molecule is CCCCCCCCCc1ccc(-c2ccc(O)cn2)cc1. The van der Waals surface area contributed by atoms with Crippen molar-refractivity contribution in [1.29, 1.82) is 0 Å². The molecule has 2 aromatic rings. The molecule has 1 heterocycles. The smallest absolute Gasteiger partial charge is 0.133 e. The predicted molar refractivity (Wildman–Crippen MR) is 93.0 cm³/mol. The summed E-state index contributed by atoms with van der Waals surface area (Å²) in [4.78, 5) is 4.24. The molecule has 0 radical (unpaired) electrons. The molecule has 0 aliphatic rings. The summed E-state index contributed by atoms with van der Waals surface area (Å²) in [5.74, 6) is 0.208. The number of unbranched alkanes of at least 4 members (excludes halogenated alkanes) is 6. The Balaban J connectivity index is 1.74. The highest BCUT2D eigenvalue weighted by Crippen LogP contribution is 2.20. The molecule has 118 valence electrons. The molecule has 0 saturated heterocycles. The number of aromatic nitrogens is 1. The Morgan fingerprint density at radius 2 is 1.50 bits per heavy atom. The van der Waals surface area contributed by atoms with Gasteiger partial charge in [-0.1, -0.05) is 69.7 Å². The van der Waals surface area contributed by atoms with Gasteiger partial charge < -0.3 is 5.11 Å². The summed E-state index contributed by atoms with van der Waals surface area (Å²) in [6, 6.07) is 12.2. The van der Waals surface area contributed by atoms with Crippen molar-refractivity contribution in [2.45, 2.75) is 58.3 Å². The first-order valence-electron chi connectivity index (χ1n) is 8.54. The van der Waals surface area contributed by atoms with Gasteiger partial charge in [0.25, 0.3) is 0 Å². The summed E-state index contributed by atoms with van der Waals surface area (Å²) in [5, 5.41) is 9.27. The van der Waals surface area contributed by atoms with Gasteiger partial charge in [-0.3, -0.25) is 4.98 Å². The average Bonchev–Trinajstić information content (AvgIpc) is 2.55. The molecule has 0 amide bonds. The fraction of sp³-hybridized carbons (Fsp3) is 0.450. The topological polar surface area (TPSA) is 33.1 Å². The van der Waals surface area contributed by atoms with Gasteiger partial charge >= 0.3 is 0 Å². The van der Waals surface area contributed by atoms with E-state index in [2.05, 4.69) is 36.2 Å². The Kier molecular flexibility index (Phi) is 6.95. The number of hydrogen-bond donors (Lipinski definition) is 1. The molecule has 0 aliphatic heterocycles. The number of rotatable bonds is 9. The van der Waals surface area contributed by atoms with Crippen LogP contribution in [0.4, 0.5) is 0 Å². The van der Waals surface area contributed by atoms with Gasteiger partial charge in [-0.25, -0.2) is 0 Å². The largest absolute Gasteiger partial charge is 0.506 e. The normalized spacial score (nSPS) is 10.8. The van der Waals surface area contributed by atoms with E-state index in [9.17, 15) is 5.11 Å². The van der Waals surface area contributed by atoms with Crippen LogP contribution in [0.5, 0.6) is 5.75 Å². The number of nitrogens with zero attached hydrogens (tertiary/aromatic N) is 1. The van der Waals surface area contributed by atoms with Crippen LogP contribution >= 0.6 is 0 Å². The van der Waals surface area contributed by atoms with Crippen LogP contribution in [0.25, 0.3) is 11.3 Å². The first-order valence-corrected chi connectivity index (χ1v) is 8.54. The molecule has 2 nitrogen and oxygen atoms in total. The van der Waals surface area contributed by atoms with Crippen molar-refractivity contribution in [3.63, 3.8) is 0 Å². The number of aryl methyl sites for hydroxylation is 1. The van der Waals surface area contributed by atoms with E-state index in [1.54, 1.807) is 6.07 Å². The van der Waals surface area contributed by atoms with Crippen molar-refractivity contribution in [2.24, 2.45) is 0 Å². The fourth-order valence-electron chi connectivity index (χ4n) is 2.69. The van der Waals surface area contributed by atoms with Crippen molar-refractivity contribution in [3.8, 4) is 17.0 Å². The molecule has 1 N–H and O–H groups in total. The number of pyridine rings is 1. The van der Waals surface area contributed by atoms with Gasteiger partial charge in [0, 0.05) is 5.56 Å². The minimum Gasteiger partial charge on any atom is -0.506 e. The molecule has 0 unspecified atom stereocenters. The minimum atomic E-state index is 0.208. The number of benzene rings is 1. The molecule has 0 bridgehead atoms. The van der Waals surface area contributed by atoms with Crippen molar-refractivity contribution in [1.82, 2.24) is 4.98 Å². The van der Waals surface area contributed by atoms with E-state index in [0.717, 1.165) is 17.7 Å². The lowest BCUT2D eigenvalue weighted by Gasteiger charge is -2.05. The molecule has 22 heavy (non-hydrogen) atoms. The van der Waals surface area contributed by atoms with E-state index in [0.29, 0.717) is 0 Å². The maximum atomic E-state index is 9.27. The van der Waals surface area contributed by atoms with Crippen LogP contribution in [-0.4, -0.2) is 10.1 Å². The Bertz CT molecular complexity index is 531. The average molecular weight is 297 g/mol. The maximum absolute atomic E-state index is 9.27. The van der Waals surface area contributed by atoms with Crippen LogP contribution in [0.3, 0.4) is 0 Å². The van der Waals surface area contributed by atoms with E-state index in [1.807, 2.05) is 6.07 Å². The highest BCUT2D eigenvalue weighted by Gasteiger charge is 2.00. The van der Waals surface area contributed by atoms with Crippen LogP contribution in [-0.2, 0) is 6.42 Å². The predicted octanol–water partition coefficient (Wildman–Crippen LogP) is 5.75. The van der Waals surface area contributed by atoms with Gasteiger partial charge in [0.2, 0.25) is 0 Å². The summed E-state index contributed by atoms with van der Waals surface area (Å²) < 4.78 is 0. The Morgan fingerprint density at radius 3 is 2.14 bits per heavy atom. The van der Waals surface area contributed by atoms with Gasteiger partial charge in [0.15, 0.2) is 0 Å². The third kappa shape index (κ3) is 5.51. The molecule has 0 atom stereocenters. The summed E-state index contributed by atoms with van der Waals surface area (Å²) in [6.45, 7) is 2.26. The van der Waals surface area contributed by atoms with E-state index >= 15 is 0 Å². The first-order chi connectivity index (χ1) is 10.8. The van der Waals surface area contributed by atoms with E-state index < -0.39 is 0 Å². The number of hydrogen-bond acceptors (Lipinski definition) is 2. The van der Waals surface area contributed by atoms with Gasteiger partial charge in [0.05, 0.1) is 11.9 Å². The Hall–Kier alpha value is -1.83. The second-order valence-corrected chi connectivity index (χ2v) is 5.97. The second-order valence-electron chi connectivity index (χ2n) is 5.97. The van der Waals surface area contributed by atoms with Gasteiger partial charge in [-0.2, -0.15) is 0 Å². The molecule has 1 aromatic carbocycles. The summed E-state index contributed by atoms with van der Waals surface area (Å²) >= 11 is 0. The maximum Gasteiger partial charge on any atom is 0.133 e. The van der Waals surface area contributed by atoms with Crippen LogP contribution in [0.15, 0.2) is 42.6 Å². The zero-order chi connectivity index (χ0) is 15.6. The van der Waals surface area contributed by atoms with E-state index in [4.69, 9.17) is 0 Å². The molecular formula is C20H27NO. The van der Waals surface area contributed by atoms with Crippen molar-refractivity contribution in [2.75, 3.05) is 0 Å². The molecule has 0 aliphatic carbocycles. The van der Waals surface area contributed by atoms with Crippen molar-refractivity contribution < 1.29 is 5.11 Å². The second kappa shape index (κ2) is 9.24. The highest BCUT2D eigenvalue weighted by molar-refractivity contribution is 5.59. The van der Waals surface area contributed by atoms with E-state index in [-0.39, 0.29) is 5.75 Å². The molecule has 0 spiro atoms. The summed E-state index contributed by atoms with van der Waals surface area (Å²) in [6.07, 6.45) is 12.1. The minimum absolute atomic E-state index is 0.208. The van der Waals surface area contributed by atoms with Gasteiger partial charge in [-0.15, -0.1) is 0 Å². The van der Waals surface area contributed by atoms with Gasteiger partial charge in [-0.05, 0) is 30.5 Å². The standard InChI is InChI=1S/C20H27NO/c1-2-3-4-5-6-7-8-9-17-10-12-18(13-11-17)20-15-14-19(22)16-21-20/h10-16,22H,2-9H2,1H3. The highest BCUT2D eigenvalue weighted by atomic mass is 16.3. The van der Waals surface area contributed by atoms with Crippen LogP contribution in [0.1, 0.15) is 57.4 Å². The Labute approximate surface area is 134 Å². The molecule has 0 saturated carbocycles. The first kappa shape index (κ1) is 16.5. The fourth-order valence-corrected chi connectivity index (χ4v) is 2.69. The Morgan fingerprint density at radius 1 is 0.818 bits per heavy atom. The quantitative estimate of drug-likeness (QED) is 0.598. The molecule has 2 heteroatoms. The van der Waals surface area contributed by atoms with Crippen LogP contribution in [0.2, 0.25) is 0 Å². The lowest BCUT2D eigenvalue weighted by molar-refractivity contribution is 0.473. The molecule has 0 fully saturated rings. The lowest BCUT2D eigenvalue weighted by Crippen LogP contribution is -1.88. The van der Waals surface area contributed by atoms with Crippen LogP contribution in [0, 0.1) is 0 Å². The lowest BCUT2D eigenvalue weighted by atomic mass is 10.0. The van der Waals surface area contributed by atoms with Crippen LogP contribution < -0.4 is 0 Å². The molecule has 1 aromatic heterocycles. The van der Waals surface area contributed by atoms with Crippen molar-refractivity contribution >= 4 is 0 Å². The zero-order valence-corrected chi connectivity index (χ0v) is 13.6.